The van der Waals surface area contributed by atoms with Gasteiger partial charge in [0.25, 0.3) is 0 Å². The first-order valence-electron chi connectivity index (χ1n) is 5.12. The molecule has 1 heterocycles. The zero-order chi connectivity index (χ0) is 11.6. The summed E-state index contributed by atoms with van der Waals surface area (Å²) in [5, 5.41) is 12.1. The van der Waals surface area contributed by atoms with Gasteiger partial charge in [-0.3, -0.25) is 4.79 Å². The van der Waals surface area contributed by atoms with Gasteiger partial charge < -0.3 is 15.3 Å². The van der Waals surface area contributed by atoms with Gasteiger partial charge >= 0.3 is 5.97 Å². The Balaban J connectivity index is 2.70. The van der Waals surface area contributed by atoms with Crippen molar-refractivity contribution in [2.45, 2.75) is 38.3 Å². The minimum absolute atomic E-state index is 0.139. The maximum Gasteiger partial charge on any atom is 0.329 e. The molecule has 5 heteroatoms. The number of likely N-dealkylation sites (N-methyl/N-ethyl adjacent to an activating group) is 1. The Morgan fingerprint density at radius 2 is 2.07 bits per heavy atom. The quantitative estimate of drug-likeness (QED) is 0.697. The standard InChI is InChI=1S/C10H18N2O3/c1-10(2,9(14)15)12(3)8(13)7-5-4-6-11-7/h7,11H,4-6H2,1-3H3,(H,14,15)/t7-/m1/s1. The van der Waals surface area contributed by atoms with Crippen molar-refractivity contribution in [2.24, 2.45) is 0 Å². The minimum Gasteiger partial charge on any atom is -0.480 e. The molecule has 0 unspecified atom stereocenters. The van der Waals surface area contributed by atoms with Gasteiger partial charge in [0.05, 0.1) is 6.04 Å². The van der Waals surface area contributed by atoms with E-state index in [9.17, 15) is 9.59 Å². The van der Waals surface area contributed by atoms with Crippen molar-refractivity contribution in [1.82, 2.24) is 10.2 Å². The van der Waals surface area contributed by atoms with Crippen LogP contribution in [0.25, 0.3) is 0 Å². The number of hydrogen-bond donors (Lipinski definition) is 2. The van der Waals surface area contributed by atoms with E-state index in [0.717, 1.165) is 19.4 Å². The number of nitrogens with zero attached hydrogens (tertiary/aromatic N) is 1. The van der Waals surface area contributed by atoms with Crippen molar-refractivity contribution in [3.8, 4) is 0 Å². The van der Waals surface area contributed by atoms with Crippen LogP contribution in [-0.4, -0.2) is 47.1 Å². The van der Waals surface area contributed by atoms with Crippen LogP contribution in [0.15, 0.2) is 0 Å². The van der Waals surface area contributed by atoms with E-state index in [1.807, 2.05) is 0 Å². The van der Waals surface area contributed by atoms with Crippen LogP contribution in [0.5, 0.6) is 0 Å². The molecule has 1 aliphatic rings. The zero-order valence-corrected chi connectivity index (χ0v) is 9.41. The van der Waals surface area contributed by atoms with Gasteiger partial charge in [-0.05, 0) is 33.2 Å². The summed E-state index contributed by atoms with van der Waals surface area (Å²) < 4.78 is 0. The first-order chi connectivity index (χ1) is 6.87. The van der Waals surface area contributed by atoms with Gasteiger partial charge in [0.2, 0.25) is 5.91 Å². The van der Waals surface area contributed by atoms with E-state index in [2.05, 4.69) is 5.32 Å². The molecule has 0 aliphatic carbocycles. The number of carboxylic acid groups (broad SMARTS) is 1. The molecule has 0 aromatic carbocycles. The Kier molecular flexibility index (Phi) is 3.34. The summed E-state index contributed by atoms with van der Waals surface area (Å²) in [6.45, 7) is 3.89. The van der Waals surface area contributed by atoms with E-state index in [1.165, 1.54) is 25.8 Å². The number of amides is 1. The SMILES string of the molecule is CN(C(=O)[C@H]1CCCN1)C(C)(C)C(=O)O. The average molecular weight is 214 g/mol. The van der Waals surface area contributed by atoms with Crippen LogP contribution in [0.1, 0.15) is 26.7 Å². The molecule has 2 N–H and O–H groups in total. The Bertz CT molecular complexity index is 270. The number of carbonyl (C=O) groups excluding carboxylic acids is 1. The first-order valence-corrected chi connectivity index (χ1v) is 5.12. The summed E-state index contributed by atoms with van der Waals surface area (Å²) >= 11 is 0. The lowest BCUT2D eigenvalue weighted by atomic mass is 10.0. The lowest BCUT2D eigenvalue weighted by Gasteiger charge is -2.33. The molecule has 15 heavy (non-hydrogen) atoms. The Morgan fingerprint density at radius 1 is 1.47 bits per heavy atom. The van der Waals surface area contributed by atoms with Crippen LogP contribution < -0.4 is 5.32 Å². The summed E-state index contributed by atoms with van der Waals surface area (Å²) in [4.78, 5) is 24.2. The lowest BCUT2D eigenvalue weighted by Crippen LogP contribution is -2.55. The van der Waals surface area contributed by atoms with Gasteiger partial charge in [-0.2, -0.15) is 0 Å². The van der Waals surface area contributed by atoms with Gasteiger partial charge in [0.15, 0.2) is 0 Å². The van der Waals surface area contributed by atoms with E-state index in [-0.39, 0.29) is 11.9 Å². The number of rotatable bonds is 3. The molecule has 0 radical (unpaired) electrons. The van der Waals surface area contributed by atoms with Crippen LogP contribution in [0.3, 0.4) is 0 Å². The van der Waals surface area contributed by atoms with E-state index >= 15 is 0 Å². The van der Waals surface area contributed by atoms with Crippen molar-refractivity contribution in [3.63, 3.8) is 0 Å². The summed E-state index contributed by atoms with van der Waals surface area (Å²) in [7, 11) is 1.54. The van der Waals surface area contributed by atoms with Crippen molar-refractivity contribution < 1.29 is 14.7 Å². The third-order valence-corrected chi connectivity index (χ3v) is 3.05. The Hall–Kier alpha value is -1.10. The molecular weight excluding hydrogens is 196 g/mol. The Morgan fingerprint density at radius 3 is 2.47 bits per heavy atom. The second-order valence-electron chi connectivity index (χ2n) is 4.41. The van der Waals surface area contributed by atoms with Crippen molar-refractivity contribution >= 4 is 11.9 Å². The van der Waals surface area contributed by atoms with Gasteiger partial charge in [-0.1, -0.05) is 0 Å². The normalized spacial score (nSPS) is 21.4. The monoisotopic (exact) mass is 214 g/mol. The fourth-order valence-corrected chi connectivity index (χ4v) is 1.55. The lowest BCUT2D eigenvalue weighted by molar-refractivity contribution is -0.156. The second-order valence-corrected chi connectivity index (χ2v) is 4.41. The van der Waals surface area contributed by atoms with Crippen LogP contribution in [-0.2, 0) is 9.59 Å². The summed E-state index contributed by atoms with van der Waals surface area (Å²) in [6, 6.07) is -0.214. The largest absolute Gasteiger partial charge is 0.480 e. The van der Waals surface area contributed by atoms with E-state index in [0.29, 0.717) is 0 Å². The third kappa shape index (κ3) is 2.28. The zero-order valence-electron chi connectivity index (χ0n) is 9.41. The molecule has 1 saturated heterocycles. The highest BCUT2D eigenvalue weighted by atomic mass is 16.4. The van der Waals surface area contributed by atoms with Crippen LogP contribution >= 0.6 is 0 Å². The van der Waals surface area contributed by atoms with Crippen LogP contribution in [0.2, 0.25) is 0 Å². The van der Waals surface area contributed by atoms with Gasteiger partial charge in [0, 0.05) is 7.05 Å². The van der Waals surface area contributed by atoms with Crippen molar-refractivity contribution in [1.29, 1.82) is 0 Å². The number of carbonyl (C=O) groups is 2. The van der Waals surface area contributed by atoms with E-state index in [1.54, 1.807) is 0 Å². The average Bonchev–Trinajstić information content (AvgIpc) is 2.67. The van der Waals surface area contributed by atoms with Crippen LogP contribution in [0, 0.1) is 0 Å². The maximum atomic E-state index is 11.9. The molecule has 0 saturated carbocycles. The highest BCUT2D eigenvalue weighted by molar-refractivity contribution is 5.89. The van der Waals surface area contributed by atoms with Crippen molar-refractivity contribution in [2.75, 3.05) is 13.6 Å². The molecule has 1 atom stereocenters. The predicted molar refractivity (Wildman–Crippen MR) is 55.5 cm³/mol. The Labute approximate surface area is 89.4 Å². The number of aliphatic carboxylic acids is 1. The number of nitrogens with one attached hydrogen (secondary N) is 1. The molecule has 1 rings (SSSR count). The molecule has 0 spiro atoms. The maximum absolute atomic E-state index is 11.9. The highest BCUT2D eigenvalue weighted by Gasteiger charge is 2.38. The fourth-order valence-electron chi connectivity index (χ4n) is 1.55. The summed E-state index contributed by atoms with van der Waals surface area (Å²) in [6.07, 6.45) is 1.76. The summed E-state index contributed by atoms with van der Waals surface area (Å²) in [5.74, 6) is -1.13. The van der Waals surface area contributed by atoms with Crippen molar-refractivity contribution in [3.05, 3.63) is 0 Å². The smallest absolute Gasteiger partial charge is 0.329 e. The molecule has 1 amide bonds. The molecule has 0 aromatic rings. The topological polar surface area (TPSA) is 69.6 Å². The highest BCUT2D eigenvalue weighted by Crippen LogP contribution is 2.16. The second kappa shape index (κ2) is 4.18. The number of carboxylic acids is 1. The molecule has 0 aromatic heterocycles. The van der Waals surface area contributed by atoms with Gasteiger partial charge in [-0.25, -0.2) is 4.79 Å². The molecule has 1 aliphatic heterocycles. The van der Waals surface area contributed by atoms with Crippen LogP contribution in [0.4, 0.5) is 0 Å². The van der Waals surface area contributed by atoms with E-state index < -0.39 is 11.5 Å². The molecule has 5 nitrogen and oxygen atoms in total. The third-order valence-electron chi connectivity index (χ3n) is 3.05. The molecule has 86 valence electrons. The first kappa shape index (κ1) is 12.0. The minimum atomic E-state index is -1.15. The molecule has 1 fully saturated rings. The van der Waals surface area contributed by atoms with Gasteiger partial charge in [-0.15, -0.1) is 0 Å². The summed E-state index contributed by atoms with van der Waals surface area (Å²) in [5.41, 5.74) is -1.15. The number of hydrogen-bond acceptors (Lipinski definition) is 3. The fraction of sp³-hybridized carbons (Fsp3) is 0.800. The predicted octanol–water partition coefficient (Wildman–Crippen LogP) is 0.0600. The molecule has 0 bridgehead atoms. The van der Waals surface area contributed by atoms with E-state index in [4.69, 9.17) is 5.11 Å². The van der Waals surface area contributed by atoms with Gasteiger partial charge in [0.1, 0.15) is 5.54 Å². The molecular formula is C10H18N2O3.